The molecule has 2 aliphatic heterocycles. The summed E-state index contributed by atoms with van der Waals surface area (Å²) in [6, 6.07) is 11.9. The number of nitrogen functional groups attached to an aromatic ring is 1. The van der Waals surface area contributed by atoms with E-state index in [9.17, 15) is 23.5 Å². The molecule has 12 nitrogen and oxygen atoms in total. The molecule has 2 aliphatic rings. The number of aromatic nitrogens is 4. The summed E-state index contributed by atoms with van der Waals surface area (Å²) in [7, 11) is 0. The van der Waals surface area contributed by atoms with Crippen molar-refractivity contribution < 1.29 is 33.0 Å². The van der Waals surface area contributed by atoms with Gasteiger partial charge in [0.1, 0.15) is 17.0 Å². The SMILES string of the molecule is Cc1cc(N)ccc1F.Cc1cc(NC(=O)NC2(c3ccnc(Cl)n3)CCOCC2)ccc1F.O=C(O)C1(c2ccnc(Cl)n2)CCOCC1. The molecular formula is C34H37Cl2F2N7O5. The number of nitrogens with one attached hydrogen (secondary N) is 2. The molecule has 4 aromatic rings. The van der Waals surface area contributed by atoms with Crippen LogP contribution in [0.15, 0.2) is 60.9 Å². The summed E-state index contributed by atoms with van der Waals surface area (Å²) in [6.07, 6.45) is 4.99. The number of aryl methyl sites for hydroxylation is 2. The van der Waals surface area contributed by atoms with Crippen LogP contribution >= 0.6 is 23.2 Å². The normalized spacial score (nSPS) is 16.0. The summed E-state index contributed by atoms with van der Waals surface area (Å²) in [5.74, 6) is -1.41. The molecule has 0 unspecified atom stereocenters. The molecule has 266 valence electrons. The summed E-state index contributed by atoms with van der Waals surface area (Å²) < 4.78 is 36.4. The van der Waals surface area contributed by atoms with Gasteiger partial charge in [0.05, 0.1) is 16.9 Å². The van der Waals surface area contributed by atoms with Gasteiger partial charge in [-0.2, -0.15) is 0 Å². The Hall–Kier alpha value is -4.50. The molecule has 0 atom stereocenters. The van der Waals surface area contributed by atoms with Crippen LogP contribution in [-0.4, -0.2) is 63.5 Å². The maximum atomic E-state index is 13.4. The Kier molecular flexibility index (Phi) is 13.4. The van der Waals surface area contributed by atoms with Crippen LogP contribution in [0, 0.1) is 25.5 Å². The lowest BCUT2D eigenvalue weighted by molar-refractivity contribution is -0.148. The van der Waals surface area contributed by atoms with E-state index in [0.717, 1.165) is 0 Å². The number of hydrogen-bond donors (Lipinski definition) is 4. The van der Waals surface area contributed by atoms with Gasteiger partial charge >= 0.3 is 12.0 Å². The van der Waals surface area contributed by atoms with Crippen molar-refractivity contribution in [2.75, 3.05) is 37.5 Å². The Morgan fingerprint density at radius 3 is 1.84 bits per heavy atom. The first-order valence-electron chi connectivity index (χ1n) is 15.6. The highest BCUT2D eigenvalue weighted by Gasteiger charge is 2.43. The number of halogens is 4. The van der Waals surface area contributed by atoms with Gasteiger partial charge in [-0.05, 0) is 122 Å². The molecule has 16 heteroatoms. The van der Waals surface area contributed by atoms with Crippen molar-refractivity contribution in [2.45, 2.75) is 50.5 Å². The smallest absolute Gasteiger partial charge is 0.319 e. The maximum Gasteiger partial charge on any atom is 0.319 e. The van der Waals surface area contributed by atoms with Gasteiger partial charge in [0, 0.05) is 50.2 Å². The number of amides is 2. The number of nitrogens with two attached hydrogens (primary N) is 1. The van der Waals surface area contributed by atoms with E-state index in [2.05, 4.69) is 30.6 Å². The van der Waals surface area contributed by atoms with E-state index in [4.69, 9.17) is 38.4 Å². The van der Waals surface area contributed by atoms with Gasteiger partial charge in [-0.25, -0.2) is 33.5 Å². The second-order valence-electron chi connectivity index (χ2n) is 11.7. The van der Waals surface area contributed by atoms with Crippen molar-refractivity contribution in [3.05, 3.63) is 106 Å². The molecule has 0 radical (unpaired) electrons. The van der Waals surface area contributed by atoms with Crippen molar-refractivity contribution in [3.8, 4) is 0 Å². The van der Waals surface area contributed by atoms with E-state index >= 15 is 0 Å². The Morgan fingerprint density at radius 2 is 1.32 bits per heavy atom. The third kappa shape index (κ3) is 10.0. The lowest BCUT2D eigenvalue weighted by atomic mass is 9.77. The summed E-state index contributed by atoms with van der Waals surface area (Å²) >= 11 is 11.6. The van der Waals surface area contributed by atoms with Crippen molar-refractivity contribution in [1.29, 1.82) is 0 Å². The van der Waals surface area contributed by atoms with Crippen molar-refractivity contribution >= 4 is 46.6 Å². The van der Waals surface area contributed by atoms with Crippen LogP contribution in [0.1, 0.15) is 48.2 Å². The highest BCUT2D eigenvalue weighted by Crippen LogP contribution is 2.34. The largest absolute Gasteiger partial charge is 0.481 e. The van der Waals surface area contributed by atoms with Crippen LogP contribution in [0.2, 0.25) is 10.6 Å². The highest BCUT2D eigenvalue weighted by atomic mass is 35.5. The van der Waals surface area contributed by atoms with Gasteiger partial charge in [0.25, 0.3) is 0 Å². The molecule has 2 aromatic heterocycles. The summed E-state index contributed by atoms with van der Waals surface area (Å²) in [5.41, 5.74) is 6.96. The predicted octanol–water partition coefficient (Wildman–Crippen LogP) is 6.38. The van der Waals surface area contributed by atoms with Gasteiger partial charge in [0.15, 0.2) is 0 Å². The number of carboxylic acid groups (broad SMARTS) is 1. The van der Waals surface area contributed by atoms with Crippen molar-refractivity contribution in [1.82, 2.24) is 25.3 Å². The van der Waals surface area contributed by atoms with Crippen LogP contribution in [0.5, 0.6) is 0 Å². The quantitative estimate of drug-likeness (QED) is 0.133. The second kappa shape index (κ2) is 17.4. The number of hydrogen-bond acceptors (Lipinski definition) is 9. The number of ether oxygens (including phenoxy) is 2. The number of carboxylic acids is 1. The third-order valence-corrected chi connectivity index (χ3v) is 8.65. The topological polar surface area (TPSA) is 174 Å². The molecule has 50 heavy (non-hydrogen) atoms. The number of urea groups is 1. The Bertz CT molecular complexity index is 1790. The van der Waals surface area contributed by atoms with Crippen LogP contribution in [0.4, 0.5) is 25.0 Å². The molecule has 2 aromatic carbocycles. The lowest BCUT2D eigenvalue weighted by Crippen LogP contribution is -2.51. The molecule has 0 saturated carbocycles. The Labute approximate surface area is 297 Å². The molecule has 4 heterocycles. The molecule has 6 rings (SSSR count). The molecule has 0 aliphatic carbocycles. The number of carbonyl (C=O) groups excluding carboxylic acids is 1. The fourth-order valence-corrected chi connectivity index (χ4v) is 5.73. The maximum absolute atomic E-state index is 13.4. The predicted molar refractivity (Wildman–Crippen MR) is 184 cm³/mol. The average Bonchev–Trinajstić information content (AvgIpc) is 3.09. The summed E-state index contributed by atoms with van der Waals surface area (Å²) in [6.45, 7) is 5.17. The van der Waals surface area contributed by atoms with Crippen LogP contribution < -0.4 is 16.4 Å². The number of anilines is 2. The first kappa shape index (κ1) is 38.3. The molecular weight excluding hydrogens is 695 g/mol. The monoisotopic (exact) mass is 731 g/mol. The van der Waals surface area contributed by atoms with Gasteiger partial charge in [-0.15, -0.1) is 0 Å². The average molecular weight is 733 g/mol. The molecule has 2 amide bonds. The standard InChI is InChI=1S/C17H18ClFN4O2.C10H11ClN2O3.C7H8FN/c1-11-10-12(2-3-13(11)19)21-16(24)23-17(5-8-25-9-6-17)14-4-7-20-15(18)22-14;11-9-12-4-1-7(13-9)10(8(14)15)2-5-16-6-3-10;1-5-4-6(9)2-3-7(5)8/h2-4,7,10H,5-6,8-9H2,1H3,(H2,21,23,24);1,4H,2-3,5-6H2,(H,14,15);2-4H,9H2,1H3. The lowest BCUT2D eigenvalue weighted by Gasteiger charge is -2.37. The number of rotatable bonds is 5. The minimum absolute atomic E-state index is 0.0737. The van der Waals surface area contributed by atoms with Crippen LogP contribution in [-0.2, 0) is 25.2 Å². The van der Waals surface area contributed by atoms with Gasteiger partial charge in [-0.3, -0.25) is 4.79 Å². The number of benzene rings is 2. The van der Waals surface area contributed by atoms with E-state index in [1.165, 1.54) is 24.4 Å². The van der Waals surface area contributed by atoms with E-state index in [0.29, 0.717) is 86.0 Å². The Balaban J connectivity index is 0.000000191. The van der Waals surface area contributed by atoms with Gasteiger partial charge in [-0.1, -0.05) is 0 Å². The minimum Gasteiger partial charge on any atom is -0.481 e. The van der Waals surface area contributed by atoms with Gasteiger partial charge < -0.3 is 30.9 Å². The summed E-state index contributed by atoms with van der Waals surface area (Å²) in [4.78, 5) is 39.9. The zero-order valence-corrected chi connectivity index (χ0v) is 28.9. The zero-order valence-electron chi connectivity index (χ0n) is 27.4. The van der Waals surface area contributed by atoms with Gasteiger partial charge in [0.2, 0.25) is 10.6 Å². The third-order valence-electron chi connectivity index (χ3n) is 8.29. The van der Waals surface area contributed by atoms with E-state index in [-0.39, 0.29) is 22.2 Å². The first-order chi connectivity index (χ1) is 23.8. The fraction of sp³-hybridized carbons (Fsp3) is 0.353. The first-order valence-corrected chi connectivity index (χ1v) is 16.3. The van der Waals surface area contributed by atoms with Crippen LogP contribution in [0.25, 0.3) is 0 Å². The van der Waals surface area contributed by atoms with E-state index < -0.39 is 23.0 Å². The Morgan fingerprint density at radius 1 is 0.800 bits per heavy atom. The molecule has 5 N–H and O–H groups in total. The molecule has 2 fully saturated rings. The number of aliphatic carboxylic acids is 1. The van der Waals surface area contributed by atoms with E-state index in [1.807, 2.05) is 0 Å². The number of carbonyl (C=O) groups is 2. The number of nitrogens with zero attached hydrogens (tertiary/aromatic N) is 4. The molecule has 0 bridgehead atoms. The molecule has 0 spiro atoms. The minimum atomic E-state index is -0.981. The highest BCUT2D eigenvalue weighted by molar-refractivity contribution is 6.28. The van der Waals surface area contributed by atoms with Crippen molar-refractivity contribution in [3.63, 3.8) is 0 Å². The molecule has 2 saturated heterocycles. The zero-order chi connectivity index (χ0) is 36.3. The van der Waals surface area contributed by atoms with Crippen LogP contribution in [0.3, 0.4) is 0 Å². The summed E-state index contributed by atoms with van der Waals surface area (Å²) in [5, 5.41) is 15.3. The van der Waals surface area contributed by atoms with E-state index in [1.54, 1.807) is 50.4 Å². The second-order valence-corrected chi connectivity index (χ2v) is 12.3. The van der Waals surface area contributed by atoms with Crippen molar-refractivity contribution in [2.24, 2.45) is 0 Å². The fourth-order valence-electron chi connectivity index (χ4n) is 5.44.